The number of hydrazine groups is 1. The van der Waals surface area contributed by atoms with E-state index < -0.39 is 0 Å². The molecule has 1 saturated heterocycles. The number of hydrogen-bond acceptors (Lipinski definition) is 5. The van der Waals surface area contributed by atoms with Gasteiger partial charge in [-0.15, -0.1) is 0 Å². The number of ether oxygens (including phenoxy) is 1. The van der Waals surface area contributed by atoms with Crippen molar-refractivity contribution in [3.05, 3.63) is 11.9 Å². The highest BCUT2D eigenvalue weighted by Gasteiger charge is 2.39. The van der Waals surface area contributed by atoms with Crippen molar-refractivity contribution >= 4 is 0 Å². The van der Waals surface area contributed by atoms with E-state index in [1.807, 2.05) is 11.7 Å². The predicted molar refractivity (Wildman–Crippen MR) is 79.3 cm³/mol. The van der Waals surface area contributed by atoms with Crippen LogP contribution in [0.15, 0.2) is 6.20 Å². The highest BCUT2D eigenvalue weighted by molar-refractivity contribution is 5.30. The number of methoxy groups -OCH3 is 1. The van der Waals surface area contributed by atoms with E-state index in [1.165, 1.54) is 19.3 Å². The molecule has 0 radical (unpaired) electrons. The number of aromatic nitrogens is 2. The standard InChI is InChI=1S/C14H27N5O/c1-14(2,19-8-6-5-7-9-19)13(17-15)12-11(20-4)10-16-18(12)3/h10,13,17H,5-9,15H2,1-4H3. The molecule has 1 fully saturated rings. The SMILES string of the molecule is COc1cnn(C)c1C(NN)C(C)(C)N1CCCCC1. The molecule has 0 amide bonds. The fraction of sp³-hybridized carbons (Fsp3) is 0.786. The first-order valence-electron chi connectivity index (χ1n) is 7.29. The number of hydrogen-bond donors (Lipinski definition) is 2. The molecule has 0 spiro atoms. The Morgan fingerprint density at radius 3 is 2.55 bits per heavy atom. The molecule has 0 aliphatic carbocycles. The third-order valence-corrected chi connectivity index (χ3v) is 4.49. The molecule has 1 aromatic heterocycles. The van der Waals surface area contributed by atoms with Gasteiger partial charge in [0.1, 0.15) is 5.69 Å². The van der Waals surface area contributed by atoms with Crippen LogP contribution >= 0.6 is 0 Å². The maximum atomic E-state index is 5.88. The van der Waals surface area contributed by atoms with Gasteiger partial charge < -0.3 is 4.74 Å². The summed E-state index contributed by atoms with van der Waals surface area (Å²) in [7, 11) is 3.59. The van der Waals surface area contributed by atoms with Gasteiger partial charge in [-0.2, -0.15) is 5.10 Å². The highest BCUT2D eigenvalue weighted by Crippen LogP contribution is 2.36. The summed E-state index contributed by atoms with van der Waals surface area (Å²) in [5.41, 5.74) is 3.87. The minimum atomic E-state index is -0.101. The Bertz CT molecular complexity index is 437. The van der Waals surface area contributed by atoms with Gasteiger partial charge in [-0.1, -0.05) is 6.42 Å². The maximum absolute atomic E-state index is 5.88. The zero-order chi connectivity index (χ0) is 14.8. The molecule has 20 heavy (non-hydrogen) atoms. The number of nitrogens with zero attached hydrogens (tertiary/aromatic N) is 3. The number of nitrogens with two attached hydrogens (primary N) is 1. The van der Waals surface area contributed by atoms with Gasteiger partial charge >= 0.3 is 0 Å². The summed E-state index contributed by atoms with van der Waals surface area (Å²) in [6.07, 6.45) is 5.57. The van der Waals surface area contributed by atoms with Crippen LogP contribution in [0.3, 0.4) is 0 Å². The minimum absolute atomic E-state index is 0.0388. The molecule has 3 N–H and O–H groups in total. The third kappa shape index (κ3) is 2.68. The Hall–Kier alpha value is -1.11. The summed E-state index contributed by atoms with van der Waals surface area (Å²) in [6, 6.07) is -0.0388. The molecular weight excluding hydrogens is 254 g/mol. The smallest absolute Gasteiger partial charge is 0.161 e. The van der Waals surface area contributed by atoms with E-state index in [2.05, 4.69) is 29.3 Å². The number of rotatable bonds is 5. The fourth-order valence-corrected chi connectivity index (χ4v) is 3.18. The maximum Gasteiger partial charge on any atom is 0.161 e. The Morgan fingerprint density at radius 1 is 1.35 bits per heavy atom. The molecule has 6 heteroatoms. The lowest BCUT2D eigenvalue weighted by molar-refractivity contribution is 0.0573. The van der Waals surface area contributed by atoms with Gasteiger partial charge in [0, 0.05) is 12.6 Å². The zero-order valence-electron chi connectivity index (χ0n) is 13.0. The lowest BCUT2D eigenvalue weighted by Crippen LogP contribution is -2.56. The van der Waals surface area contributed by atoms with Crippen molar-refractivity contribution in [3.63, 3.8) is 0 Å². The van der Waals surface area contributed by atoms with Crippen LogP contribution in [0, 0.1) is 0 Å². The largest absolute Gasteiger partial charge is 0.493 e. The van der Waals surface area contributed by atoms with Crippen LogP contribution in [0.5, 0.6) is 5.75 Å². The van der Waals surface area contributed by atoms with Gasteiger partial charge in [-0.3, -0.25) is 15.4 Å². The van der Waals surface area contributed by atoms with E-state index in [0.29, 0.717) is 0 Å². The summed E-state index contributed by atoms with van der Waals surface area (Å²) in [4.78, 5) is 2.51. The van der Waals surface area contributed by atoms with Crippen molar-refractivity contribution in [3.8, 4) is 5.75 Å². The number of piperidine rings is 1. The molecule has 1 aliphatic heterocycles. The van der Waals surface area contributed by atoms with Gasteiger partial charge in [-0.25, -0.2) is 5.43 Å². The Kier molecular flexibility index (Phi) is 4.67. The van der Waals surface area contributed by atoms with E-state index in [1.54, 1.807) is 13.3 Å². The Morgan fingerprint density at radius 2 is 2.00 bits per heavy atom. The quantitative estimate of drug-likeness (QED) is 0.627. The molecular formula is C14H27N5O. The van der Waals surface area contributed by atoms with E-state index in [0.717, 1.165) is 24.5 Å². The molecule has 1 atom stereocenters. The molecule has 114 valence electrons. The molecule has 0 bridgehead atoms. The third-order valence-electron chi connectivity index (χ3n) is 4.49. The monoisotopic (exact) mass is 281 g/mol. The van der Waals surface area contributed by atoms with E-state index in [4.69, 9.17) is 10.6 Å². The second-order valence-corrected chi connectivity index (χ2v) is 6.02. The van der Waals surface area contributed by atoms with E-state index in [9.17, 15) is 0 Å². The van der Waals surface area contributed by atoms with Crippen LogP contribution in [-0.2, 0) is 7.05 Å². The lowest BCUT2D eigenvalue weighted by atomic mass is 9.88. The number of aryl methyl sites for hydroxylation is 1. The summed E-state index contributed by atoms with van der Waals surface area (Å²) < 4.78 is 7.28. The molecule has 6 nitrogen and oxygen atoms in total. The molecule has 1 unspecified atom stereocenters. The second-order valence-electron chi connectivity index (χ2n) is 6.02. The topological polar surface area (TPSA) is 68.3 Å². The Balaban J connectivity index is 2.32. The first-order chi connectivity index (χ1) is 9.52. The van der Waals surface area contributed by atoms with Gasteiger partial charge in [0.05, 0.1) is 19.3 Å². The average Bonchev–Trinajstić information content (AvgIpc) is 2.82. The van der Waals surface area contributed by atoms with Crippen LogP contribution in [0.25, 0.3) is 0 Å². The van der Waals surface area contributed by atoms with Crippen molar-refractivity contribution in [1.82, 2.24) is 20.1 Å². The van der Waals surface area contributed by atoms with Crippen LogP contribution < -0.4 is 16.0 Å². The van der Waals surface area contributed by atoms with Crippen LogP contribution in [0.1, 0.15) is 44.8 Å². The van der Waals surface area contributed by atoms with Gasteiger partial charge in [0.15, 0.2) is 5.75 Å². The summed E-state index contributed by atoms with van der Waals surface area (Å²) >= 11 is 0. The number of nitrogens with one attached hydrogen (secondary N) is 1. The van der Waals surface area contributed by atoms with Crippen LogP contribution in [-0.4, -0.2) is 40.4 Å². The first kappa shape index (κ1) is 15.3. The second kappa shape index (κ2) is 6.11. The molecule has 0 saturated carbocycles. The van der Waals surface area contributed by atoms with Gasteiger partial charge in [0.25, 0.3) is 0 Å². The Labute approximate surface area is 121 Å². The van der Waals surface area contributed by atoms with Crippen molar-refractivity contribution in [2.24, 2.45) is 12.9 Å². The van der Waals surface area contributed by atoms with E-state index in [-0.39, 0.29) is 11.6 Å². The van der Waals surface area contributed by atoms with E-state index >= 15 is 0 Å². The highest BCUT2D eigenvalue weighted by atomic mass is 16.5. The number of likely N-dealkylation sites (tertiary alicyclic amines) is 1. The molecule has 2 rings (SSSR count). The van der Waals surface area contributed by atoms with Crippen LogP contribution in [0.2, 0.25) is 0 Å². The predicted octanol–water partition coefficient (Wildman–Crippen LogP) is 1.20. The van der Waals surface area contributed by atoms with Crippen molar-refractivity contribution in [1.29, 1.82) is 0 Å². The fourth-order valence-electron chi connectivity index (χ4n) is 3.18. The average molecular weight is 281 g/mol. The minimum Gasteiger partial charge on any atom is -0.493 e. The van der Waals surface area contributed by atoms with Crippen LogP contribution in [0.4, 0.5) is 0 Å². The lowest BCUT2D eigenvalue weighted by Gasteiger charge is -2.45. The summed E-state index contributed by atoms with van der Waals surface area (Å²) in [5, 5.41) is 4.29. The molecule has 1 aliphatic rings. The summed E-state index contributed by atoms with van der Waals surface area (Å²) in [6.45, 7) is 6.70. The van der Waals surface area contributed by atoms with Crippen molar-refractivity contribution in [2.45, 2.75) is 44.7 Å². The molecule has 1 aromatic rings. The van der Waals surface area contributed by atoms with Crippen molar-refractivity contribution < 1.29 is 4.74 Å². The van der Waals surface area contributed by atoms with Gasteiger partial charge in [-0.05, 0) is 39.8 Å². The zero-order valence-corrected chi connectivity index (χ0v) is 13.0. The van der Waals surface area contributed by atoms with Crippen molar-refractivity contribution in [2.75, 3.05) is 20.2 Å². The normalized spacial score (nSPS) is 19.1. The first-order valence-corrected chi connectivity index (χ1v) is 7.29. The molecule has 0 aromatic carbocycles. The molecule has 2 heterocycles. The van der Waals surface area contributed by atoms with Gasteiger partial charge in [0.2, 0.25) is 0 Å². The summed E-state index contributed by atoms with van der Waals surface area (Å²) in [5.74, 6) is 6.65.